The van der Waals surface area contributed by atoms with E-state index in [2.05, 4.69) is 4.98 Å². The van der Waals surface area contributed by atoms with Crippen molar-refractivity contribution in [3.05, 3.63) is 76.8 Å². The minimum Gasteiger partial charge on any atom is -0.508 e. The first-order valence-electron chi connectivity index (χ1n) is 7.18. The Morgan fingerprint density at radius 3 is 2.48 bits per heavy atom. The number of nitrogens with zero attached hydrogens (tertiary/aromatic N) is 1. The topological polar surface area (TPSA) is 50.2 Å². The molecular weight excluding hydrogens is 306 g/mol. The molecule has 1 heterocycles. The maximum absolute atomic E-state index is 12.4. The first-order chi connectivity index (χ1) is 11.1. The number of carbonyl (C=O) groups excluding carboxylic acids is 1. The van der Waals surface area contributed by atoms with Gasteiger partial charge in [-0.25, -0.2) is 4.98 Å². The fraction of sp³-hybridized carbons (Fsp3) is 0.0526. The van der Waals surface area contributed by atoms with E-state index < -0.39 is 0 Å². The second-order valence-corrected chi connectivity index (χ2v) is 6.09. The molecule has 3 aromatic rings. The first-order valence-corrected chi connectivity index (χ1v) is 7.99. The molecule has 0 atom stereocenters. The largest absolute Gasteiger partial charge is 0.508 e. The van der Waals surface area contributed by atoms with E-state index in [0.717, 1.165) is 21.8 Å². The molecule has 1 aromatic heterocycles. The molecule has 1 N–H and O–H groups in total. The number of hydrogen-bond donors (Lipinski definition) is 1. The lowest BCUT2D eigenvalue weighted by molar-refractivity contribution is 0.105. The van der Waals surface area contributed by atoms with Crippen LogP contribution in [0.3, 0.4) is 0 Å². The maximum atomic E-state index is 12.4. The van der Waals surface area contributed by atoms with Crippen molar-refractivity contribution >= 4 is 23.2 Å². The summed E-state index contributed by atoms with van der Waals surface area (Å²) in [5.74, 6) is 0.165. The predicted molar refractivity (Wildman–Crippen MR) is 93.8 cm³/mol. The van der Waals surface area contributed by atoms with E-state index in [4.69, 9.17) is 0 Å². The zero-order valence-electron chi connectivity index (χ0n) is 12.6. The molecule has 0 aliphatic rings. The number of aromatic nitrogens is 1. The average Bonchev–Trinajstić information content (AvgIpc) is 2.96. The van der Waals surface area contributed by atoms with E-state index in [1.165, 1.54) is 11.3 Å². The number of aryl methyl sites for hydroxylation is 1. The molecule has 0 amide bonds. The summed E-state index contributed by atoms with van der Waals surface area (Å²) in [6, 6.07) is 16.5. The zero-order chi connectivity index (χ0) is 16.2. The molecule has 0 unspecified atom stereocenters. The van der Waals surface area contributed by atoms with Crippen molar-refractivity contribution in [2.24, 2.45) is 0 Å². The third-order valence-electron chi connectivity index (χ3n) is 3.36. The maximum Gasteiger partial charge on any atom is 0.197 e. The van der Waals surface area contributed by atoms with Crippen LogP contribution in [-0.2, 0) is 0 Å². The van der Waals surface area contributed by atoms with Gasteiger partial charge in [0.2, 0.25) is 0 Å². The Hall–Kier alpha value is -2.72. The number of phenols is 1. The summed E-state index contributed by atoms with van der Waals surface area (Å²) in [4.78, 5) is 17.5. The first kappa shape index (κ1) is 15.2. The van der Waals surface area contributed by atoms with Crippen LogP contribution in [0.25, 0.3) is 16.6 Å². The highest BCUT2D eigenvalue weighted by molar-refractivity contribution is 7.17. The van der Waals surface area contributed by atoms with Crippen LogP contribution in [0.2, 0.25) is 0 Å². The van der Waals surface area contributed by atoms with Gasteiger partial charge in [-0.1, -0.05) is 36.4 Å². The summed E-state index contributed by atoms with van der Waals surface area (Å²) in [5.41, 5.74) is 2.60. The predicted octanol–water partition coefficient (Wildman–Crippen LogP) is 4.72. The monoisotopic (exact) mass is 321 g/mol. The number of rotatable bonds is 4. The van der Waals surface area contributed by atoms with Crippen LogP contribution in [-0.4, -0.2) is 15.9 Å². The summed E-state index contributed by atoms with van der Waals surface area (Å²) < 4.78 is 0. The van der Waals surface area contributed by atoms with Gasteiger partial charge in [-0.05, 0) is 42.8 Å². The van der Waals surface area contributed by atoms with Crippen molar-refractivity contribution in [3.8, 4) is 16.3 Å². The number of allylic oxidation sites excluding steroid dienone is 1. The van der Waals surface area contributed by atoms with Crippen molar-refractivity contribution in [2.45, 2.75) is 6.92 Å². The fourth-order valence-electron chi connectivity index (χ4n) is 2.16. The van der Waals surface area contributed by atoms with Gasteiger partial charge in [-0.2, -0.15) is 0 Å². The summed E-state index contributed by atoms with van der Waals surface area (Å²) in [7, 11) is 0. The van der Waals surface area contributed by atoms with Gasteiger partial charge in [0.1, 0.15) is 10.8 Å². The number of hydrogen-bond acceptors (Lipinski definition) is 4. The normalized spacial score (nSPS) is 11.0. The van der Waals surface area contributed by atoms with Crippen molar-refractivity contribution < 1.29 is 9.90 Å². The van der Waals surface area contributed by atoms with Crippen LogP contribution >= 0.6 is 11.3 Å². The molecule has 0 fully saturated rings. The molecule has 4 heteroatoms. The summed E-state index contributed by atoms with van der Waals surface area (Å²) in [6.45, 7) is 1.84. The van der Waals surface area contributed by atoms with Crippen molar-refractivity contribution in [1.29, 1.82) is 0 Å². The molecule has 0 saturated carbocycles. The third kappa shape index (κ3) is 3.55. The average molecular weight is 321 g/mol. The second-order valence-electron chi connectivity index (χ2n) is 5.09. The Bertz CT molecular complexity index is 849. The Morgan fingerprint density at radius 1 is 1.09 bits per heavy atom. The van der Waals surface area contributed by atoms with Crippen LogP contribution in [0, 0.1) is 6.92 Å². The van der Waals surface area contributed by atoms with Gasteiger partial charge < -0.3 is 5.11 Å². The lowest BCUT2D eigenvalue weighted by Gasteiger charge is -1.95. The van der Waals surface area contributed by atoms with E-state index in [1.54, 1.807) is 30.3 Å². The molecule has 23 heavy (non-hydrogen) atoms. The summed E-state index contributed by atoms with van der Waals surface area (Å²) in [6.07, 6.45) is 3.39. The number of carbonyl (C=O) groups is 1. The quantitative estimate of drug-likeness (QED) is 0.559. The molecule has 0 bridgehead atoms. The molecule has 0 aliphatic heterocycles. The highest BCUT2D eigenvalue weighted by atomic mass is 32.1. The van der Waals surface area contributed by atoms with E-state index in [-0.39, 0.29) is 11.5 Å². The van der Waals surface area contributed by atoms with Crippen LogP contribution < -0.4 is 0 Å². The number of thiazole rings is 1. The van der Waals surface area contributed by atoms with E-state index in [9.17, 15) is 9.90 Å². The van der Waals surface area contributed by atoms with E-state index >= 15 is 0 Å². The third-order valence-corrected chi connectivity index (χ3v) is 4.58. The lowest BCUT2D eigenvalue weighted by Crippen LogP contribution is -1.92. The van der Waals surface area contributed by atoms with Crippen LogP contribution in [0.5, 0.6) is 5.75 Å². The van der Waals surface area contributed by atoms with Crippen molar-refractivity contribution in [1.82, 2.24) is 4.98 Å². The minimum absolute atomic E-state index is 0.0473. The Labute approximate surface area is 138 Å². The molecule has 0 aliphatic carbocycles. The van der Waals surface area contributed by atoms with Gasteiger partial charge in [0.15, 0.2) is 5.78 Å². The van der Waals surface area contributed by atoms with Gasteiger partial charge >= 0.3 is 0 Å². The molecule has 0 spiro atoms. The molecule has 114 valence electrons. The molecule has 3 nitrogen and oxygen atoms in total. The number of aromatic hydroxyl groups is 1. The Balaban J connectivity index is 1.84. The molecule has 2 aromatic carbocycles. The van der Waals surface area contributed by atoms with Gasteiger partial charge in [0.05, 0.1) is 10.6 Å². The molecule has 3 rings (SSSR count). The molecular formula is C19H15NO2S. The highest BCUT2D eigenvalue weighted by Gasteiger charge is 2.14. The number of phenolic OH excluding ortho intramolecular Hbond substituents is 1. The van der Waals surface area contributed by atoms with Crippen molar-refractivity contribution in [3.63, 3.8) is 0 Å². The smallest absolute Gasteiger partial charge is 0.197 e. The molecule has 0 radical (unpaired) electrons. The Kier molecular flexibility index (Phi) is 4.35. The van der Waals surface area contributed by atoms with Gasteiger partial charge in [0.25, 0.3) is 0 Å². The summed E-state index contributed by atoms with van der Waals surface area (Å²) in [5, 5.41) is 10.1. The second kappa shape index (κ2) is 6.58. The van der Waals surface area contributed by atoms with E-state index in [1.807, 2.05) is 43.3 Å². The Morgan fingerprint density at radius 2 is 1.78 bits per heavy atom. The highest BCUT2D eigenvalue weighted by Crippen LogP contribution is 2.29. The van der Waals surface area contributed by atoms with Crippen LogP contribution in [0.1, 0.15) is 20.9 Å². The number of benzene rings is 2. The zero-order valence-corrected chi connectivity index (χ0v) is 13.4. The van der Waals surface area contributed by atoms with E-state index in [0.29, 0.717) is 4.88 Å². The lowest BCUT2D eigenvalue weighted by atomic mass is 10.2. The fourth-order valence-corrected chi connectivity index (χ4v) is 3.16. The van der Waals surface area contributed by atoms with Crippen LogP contribution in [0.15, 0.2) is 60.7 Å². The minimum atomic E-state index is -0.0473. The standard InChI is InChI=1S/C19H15NO2S/c1-13-18(17(22)12-7-14-5-3-2-4-6-14)23-19(20-13)15-8-10-16(21)11-9-15/h2-12,21H,1H3/b12-7+. The number of ketones is 1. The van der Waals surface area contributed by atoms with Crippen LogP contribution in [0.4, 0.5) is 0 Å². The van der Waals surface area contributed by atoms with Gasteiger partial charge in [0, 0.05) is 5.56 Å². The summed E-state index contributed by atoms with van der Waals surface area (Å²) >= 11 is 1.37. The van der Waals surface area contributed by atoms with Crippen molar-refractivity contribution in [2.75, 3.05) is 0 Å². The molecule has 0 saturated heterocycles. The van der Waals surface area contributed by atoms with Gasteiger partial charge in [-0.15, -0.1) is 11.3 Å². The SMILES string of the molecule is Cc1nc(-c2ccc(O)cc2)sc1C(=O)/C=C/c1ccccc1. The van der Waals surface area contributed by atoms with Gasteiger partial charge in [-0.3, -0.25) is 4.79 Å².